The van der Waals surface area contributed by atoms with Gasteiger partial charge in [0, 0.05) is 6.61 Å². The van der Waals surface area contributed by atoms with Crippen molar-refractivity contribution in [2.75, 3.05) is 6.61 Å². The van der Waals surface area contributed by atoms with Crippen LogP contribution in [0, 0.1) is 0 Å². The summed E-state index contributed by atoms with van der Waals surface area (Å²) in [7, 11) is 0. The number of carboxylic acid groups (broad SMARTS) is 2. The lowest BCUT2D eigenvalue weighted by Crippen LogP contribution is -2.01. The van der Waals surface area contributed by atoms with Crippen LogP contribution >= 0.6 is 0 Å². The zero-order valence-corrected chi connectivity index (χ0v) is 9.59. The largest absolute Gasteiger partial charge is 0.478 e. The minimum atomic E-state index is -1.13. The molecule has 0 spiro atoms. The van der Waals surface area contributed by atoms with Crippen molar-refractivity contribution in [3.63, 3.8) is 0 Å². The first-order valence-corrected chi connectivity index (χ1v) is 5.20. The SMILES string of the molecule is CCCCO.O=C(O)c1cccc(C(=O)O)c1. The molecule has 0 bridgehead atoms. The van der Waals surface area contributed by atoms with Crippen LogP contribution in [-0.4, -0.2) is 33.9 Å². The highest BCUT2D eigenvalue weighted by Crippen LogP contribution is 2.04. The van der Waals surface area contributed by atoms with E-state index < -0.39 is 11.9 Å². The van der Waals surface area contributed by atoms with Crippen LogP contribution in [0.2, 0.25) is 0 Å². The van der Waals surface area contributed by atoms with Gasteiger partial charge in [0.25, 0.3) is 0 Å². The second-order valence-electron chi connectivity index (χ2n) is 3.27. The fourth-order valence-electron chi connectivity index (χ4n) is 0.943. The summed E-state index contributed by atoms with van der Waals surface area (Å²) in [6, 6.07) is 5.20. The average Bonchev–Trinajstić information content (AvgIpc) is 2.31. The van der Waals surface area contributed by atoms with E-state index in [9.17, 15) is 9.59 Å². The third kappa shape index (κ3) is 6.32. The molecule has 0 heterocycles. The van der Waals surface area contributed by atoms with Crippen LogP contribution < -0.4 is 0 Å². The molecule has 1 aromatic carbocycles. The van der Waals surface area contributed by atoms with Crippen LogP contribution in [-0.2, 0) is 0 Å². The van der Waals surface area contributed by atoms with Crippen molar-refractivity contribution in [1.82, 2.24) is 0 Å². The van der Waals surface area contributed by atoms with Crippen LogP contribution in [0.15, 0.2) is 24.3 Å². The third-order valence-electron chi connectivity index (χ3n) is 1.87. The van der Waals surface area contributed by atoms with E-state index in [4.69, 9.17) is 15.3 Å². The predicted octanol–water partition coefficient (Wildman–Crippen LogP) is 1.86. The molecule has 1 aromatic rings. The van der Waals surface area contributed by atoms with Gasteiger partial charge in [-0.15, -0.1) is 0 Å². The second kappa shape index (κ2) is 8.29. The molecular formula is C12H16O5. The Morgan fingerprint density at radius 2 is 1.59 bits per heavy atom. The van der Waals surface area contributed by atoms with E-state index in [2.05, 4.69) is 6.92 Å². The Bertz CT molecular complexity index is 342. The molecule has 3 N–H and O–H groups in total. The van der Waals surface area contributed by atoms with E-state index in [1.54, 1.807) is 0 Å². The van der Waals surface area contributed by atoms with Crippen LogP contribution in [0.25, 0.3) is 0 Å². The van der Waals surface area contributed by atoms with E-state index >= 15 is 0 Å². The molecular weight excluding hydrogens is 224 g/mol. The maximum Gasteiger partial charge on any atom is 0.335 e. The third-order valence-corrected chi connectivity index (χ3v) is 1.87. The zero-order chi connectivity index (χ0) is 13.3. The molecule has 5 nitrogen and oxygen atoms in total. The molecule has 0 aromatic heterocycles. The molecule has 0 fully saturated rings. The maximum atomic E-state index is 10.4. The van der Waals surface area contributed by atoms with Crippen molar-refractivity contribution in [3.8, 4) is 0 Å². The number of carboxylic acids is 2. The van der Waals surface area contributed by atoms with E-state index in [1.807, 2.05) is 0 Å². The zero-order valence-electron chi connectivity index (χ0n) is 9.59. The lowest BCUT2D eigenvalue weighted by atomic mass is 10.1. The first kappa shape index (κ1) is 15.1. The number of hydrogen-bond donors (Lipinski definition) is 3. The first-order chi connectivity index (χ1) is 8.02. The fourth-order valence-corrected chi connectivity index (χ4v) is 0.943. The quantitative estimate of drug-likeness (QED) is 0.746. The van der Waals surface area contributed by atoms with Gasteiger partial charge in [-0.1, -0.05) is 19.4 Å². The number of aromatic carboxylic acids is 2. The molecule has 0 atom stereocenters. The highest BCUT2D eigenvalue weighted by Gasteiger charge is 2.06. The van der Waals surface area contributed by atoms with Crippen LogP contribution in [0.1, 0.15) is 40.5 Å². The first-order valence-electron chi connectivity index (χ1n) is 5.20. The molecule has 0 aliphatic heterocycles. The molecule has 1 rings (SSSR count). The summed E-state index contributed by atoms with van der Waals surface area (Å²) in [5, 5.41) is 25.1. The molecule has 0 amide bonds. The second-order valence-corrected chi connectivity index (χ2v) is 3.27. The molecule has 5 heteroatoms. The highest BCUT2D eigenvalue weighted by molar-refractivity contribution is 5.93. The van der Waals surface area contributed by atoms with Crippen LogP contribution in [0.5, 0.6) is 0 Å². The van der Waals surface area contributed by atoms with Gasteiger partial charge in [0.2, 0.25) is 0 Å². The van der Waals surface area contributed by atoms with Gasteiger partial charge in [-0.25, -0.2) is 9.59 Å². The van der Waals surface area contributed by atoms with Gasteiger partial charge in [0.15, 0.2) is 0 Å². The lowest BCUT2D eigenvalue weighted by Gasteiger charge is -1.95. The number of aliphatic hydroxyl groups excluding tert-OH is 1. The number of rotatable bonds is 4. The summed E-state index contributed by atoms with van der Waals surface area (Å²) in [5.41, 5.74) is -0.0372. The van der Waals surface area contributed by atoms with E-state index in [0.29, 0.717) is 6.61 Å². The molecule has 0 saturated heterocycles. The summed E-state index contributed by atoms with van der Waals surface area (Å²) >= 11 is 0. The van der Waals surface area contributed by atoms with Gasteiger partial charge in [0.05, 0.1) is 11.1 Å². The van der Waals surface area contributed by atoms with Crippen molar-refractivity contribution < 1.29 is 24.9 Å². The Balaban J connectivity index is 0.000000437. The Morgan fingerprint density at radius 3 is 1.82 bits per heavy atom. The molecule has 0 aliphatic rings. The average molecular weight is 240 g/mol. The highest BCUT2D eigenvalue weighted by atomic mass is 16.4. The van der Waals surface area contributed by atoms with Crippen molar-refractivity contribution in [3.05, 3.63) is 35.4 Å². The maximum absolute atomic E-state index is 10.4. The fraction of sp³-hybridized carbons (Fsp3) is 0.333. The molecule has 0 aliphatic carbocycles. The number of hydrogen-bond acceptors (Lipinski definition) is 3. The Morgan fingerprint density at radius 1 is 1.12 bits per heavy atom. The molecule has 0 saturated carbocycles. The Labute approximate surface area is 99.3 Å². The lowest BCUT2D eigenvalue weighted by molar-refractivity contribution is 0.0696. The summed E-state index contributed by atoms with van der Waals surface area (Å²) in [6.07, 6.45) is 2.04. The predicted molar refractivity (Wildman–Crippen MR) is 62.4 cm³/mol. The minimum absolute atomic E-state index is 0.0186. The van der Waals surface area contributed by atoms with Gasteiger partial charge in [-0.3, -0.25) is 0 Å². The molecule has 17 heavy (non-hydrogen) atoms. The normalized spacial score (nSPS) is 9.06. The summed E-state index contributed by atoms with van der Waals surface area (Å²) in [4.78, 5) is 20.8. The van der Waals surface area contributed by atoms with Crippen molar-refractivity contribution in [2.24, 2.45) is 0 Å². The molecule has 0 unspecified atom stereocenters. The van der Waals surface area contributed by atoms with Gasteiger partial charge in [-0.05, 0) is 24.6 Å². The molecule has 0 radical (unpaired) electrons. The van der Waals surface area contributed by atoms with Crippen LogP contribution in [0.4, 0.5) is 0 Å². The van der Waals surface area contributed by atoms with Crippen molar-refractivity contribution in [2.45, 2.75) is 19.8 Å². The number of aliphatic hydroxyl groups is 1. The van der Waals surface area contributed by atoms with Gasteiger partial charge in [-0.2, -0.15) is 0 Å². The molecule has 94 valence electrons. The monoisotopic (exact) mass is 240 g/mol. The Kier molecular flexibility index (Phi) is 7.38. The van der Waals surface area contributed by atoms with Crippen molar-refractivity contribution >= 4 is 11.9 Å². The van der Waals surface area contributed by atoms with E-state index in [0.717, 1.165) is 18.9 Å². The van der Waals surface area contributed by atoms with Gasteiger partial charge in [0.1, 0.15) is 0 Å². The summed E-state index contributed by atoms with van der Waals surface area (Å²) < 4.78 is 0. The van der Waals surface area contributed by atoms with Crippen molar-refractivity contribution in [1.29, 1.82) is 0 Å². The number of benzene rings is 1. The topological polar surface area (TPSA) is 94.8 Å². The van der Waals surface area contributed by atoms with Crippen LogP contribution in [0.3, 0.4) is 0 Å². The van der Waals surface area contributed by atoms with Gasteiger partial charge < -0.3 is 15.3 Å². The smallest absolute Gasteiger partial charge is 0.335 e. The van der Waals surface area contributed by atoms with Gasteiger partial charge >= 0.3 is 11.9 Å². The number of carbonyl (C=O) groups is 2. The summed E-state index contributed by atoms with van der Waals surface area (Å²) in [6.45, 7) is 2.40. The number of unbranched alkanes of at least 4 members (excludes halogenated alkanes) is 1. The van der Waals surface area contributed by atoms with E-state index in [1.165, 1.54) is 18.2 Å². The minimum Gasteiger partial charge on any atom is -0.478 e. The summed E-state index contributed by atoms with van der Waals surface area (Å²) in [5.74, 6) is -2.25. The van der Waals surface area contributed by atoms with E-state index in [-0.39, 0.29) is 11.1 Å². The standard InChI is InChI=1S/C8H6O4.C4H10O/c9-7(10)5-2-1-3-6(4-5)8(11)12;1-2-3-4-5/h1-4H,(H,9,10)(H,11,12);5H,2-4H2,1H3. The Hall–Kier alpha value is -1.88.